The summed E-state index contributed by atoms with van der Waals surface area (Å²) in [7, 11) is 1.42. The minimum Gasteiger partial charge on any atom is -0.469 e. The van der Waals surface area contributed by atoms with E-state index in [-0.39, 0.29) is 5.97 Å². The van der Waals surface area contributed by atoms with Crippen LogP contribution in [0, 0.1) is 5.41 Å². The van der Waals surface area contributed by atoms with E-state index < -0.39 is 5.41 Å². The molecule has 21 heavy (non-hydrogen) atoms. The first-order chi connectivity index (χ1) is 10.0. The second kappa shape index (κ2) is 6.44. The topological polar surface area (TPSA) is 38.3 Å². The van der Waals surface area contributed by atoms with E-state index in [1.807, 2.05) is 44.2 Å². The zero-order chi connectivity index (χ0) is 15.3. The van der Waals surface area contributed by atoms with Crippen LogP contribution in [0.15, 0.2) is 54.6 Å². The standard InChI is InChI=1S/C18H21NO2/c1-18(2,17(20)21-3)13-19-16-11-9-15(10-12-16)14-7-5-4-6-8-14/h4-12,19H,13H2,1-3H3. The average molecular weight is 283 g/mol. The lowest BCUT2D eigenvalue weighted by molar-refractivity contribution is -0.149. The van der Waals surface area contributed by atoms with E-state index in [1.165, 1.54) is 18.2 Å². The number of methoxy groups -OCH3 is 1. The van der Waals surface area contributed by atoms with Gasteiger partial charge in [-0.1, -0.05) is 42.5 Å². The Morgan fingerprint density at radius 2 is 1.57 bits per heavy atom. The molecule has 3 heteroatoms. The fourth-order valence-electron chi connectivity index (χ4n) is 2.08. The van der Waals surface area contributed by atoms with Crippen LogP contribution in [0.5, 0.6) is 0 Å². The van der Waals surface area contributed by atoms with Crippen molar-refractivity contribution in [2.75, 3.05) is 19.0 Å². The SMILES string of the molecule is COC(=O)C(C)(C)CNc1ccc(-c2ccccc2)cc1. The first kappa shape index (κ1) is 15.1. The molecular weight excluding hydrogens is 262 g/mol. The maximum Gasteiger partial charge on any atom is 0.313 e. The molecule has 0 heterocycles. The maximum absolute atomic E-state index is 11.6. The highest BCUT2D eigenvalue weighted by molar-refractivity contribution is 5.76. The maximum atomic E-state index is 11.6. The van der Waals surface area contributed by atoms with Gasteiger partial charge in [0.15, 0.2) is 0 Å². The Bertz CT molecular complexity index is 588. The summed E-state index contributed by atoms with van der Waals surface area (Å²) in [5, 5.41) is 3.28. The summed E-state index contributed by atoms with van der Waals surface area (Å²) in [5.74, 6) is -0.212. The first-order valence-corrected chi connectivity index (χ1v) is 7.01. The third kappa shape index (κ3) is 3.85. The lowest BCUT2D eigenvalue weighted by Crippen LogP contribution is -2.33. The molecule has 0 aromatic heterocycles. The van der Waals surface area contributed by atoms with Gasteiger partial charge in [-0.2, -0.15) is 0 Å². The Labute approximate surface area is 126 Å². The van der Waals surface area contributed by atoms with Crippen LogP contribution in [0.25, 0.3) is 11.1 Å². The molecule has 2 aromatic rings. The van der Waals surface area contributed by atoms with E-state index in [9.17, 15) is 4.79 Å². The molecule has 0 radical (unpaired) electrons. The van der Waals surface area contributed by atoms with Gasteiger partial charge in [0.1, 0.15) is 0 Å². The summed E-state index contributed by atoms with van der Waals surface area (Å²) in [4.78, 5) is 11.6. The summed E-state index contributed by atoms with van der Waals surface area (Å²) >= 11 is 0. The summed E-state index contributed by atoms with van der Waals surface area (Å²) < 4.78 is 4.80. The molecule has 2 rings (SSSR count). The molecule has 0 spiro atoms. The van der Waals surface area contributed by atoms with Crippen molar-refractivity contribution < 1.29 is 9.53 Å². The predicted octanol–water partition coefficient (Wildman–Crippen LogP) is 3.96. The van der Waals surface area contributed by atoms with Gasteiger partial charge in [0.2, 0.25) is 0 Å². The van der Waals surface area contributed by atoms with E-state index in [0.717, 1.165) is 5.69 Å². The third-order valence-corrected chi connectivity index (χ3v) is 3.46. The molecule has 3 nitrogen and oxygen atoms in total. The van der Waals surface area contributed by atoms with Crippen molar-refractivity contribution in [1.29, 1.82) is 0 Å². The van der Waals surface area contributed by atoms with Gasteiger partial charge in [0.05, 0.1) is 12.5 Å². The molecule has 110 valence electrons. The van der Waals surface area contributed by atoms with Gasteiger partial charge >= 0.3 is 5.97 Å². The normalized spacial score (nSPS) is 11.0. The van der Waals surface area contributed by atoms with Crippen LogP contribution < -0.4 is 5.32 Å². The summed E-state index contributed by atoms with van der Waals surface area (Å²) in [5.41, 5.74) is 2.81. The van der Waals surface area contributed by atoms with Crippen molar-refractivity contribution in [1.82, 2.24) is 0 Å². The molecule has 0 aliphatic carbocycles. The van der Waals surface area contributed by atoms with Gasteiger partial charge in [-0.25, -0.2) is 0 Å². The van der Waals surface area contributed by atoms with Gasteiger partial charge in [-0.05, 0) is 37.1 Å². The first-order valence-electron chi connectivity index (χ1n) is 7.01. The van der Waals surface area contributed by atoms with Crippen molar-refractivity contribution in [3.8, 4) is 11.1 Å². The molecule has 0 aliphatic rings. The van der Waals surface area contributed by atoms with Gasteiger partial charge < -0.3 is 10.1 Å². The zero-order valence-corrected chi connectivity index (χ0v) is 12.7. The molecule has 0 saturated carbocycles. The largest absolute Gasteiger partial charge is 0.469 e. The number of benzene rings is 2. The van der Waals surface area contributed by atoms with E-state index in [2.05, 4.69) is 29.6 Å². The van der Waals surface area contributed by atoms with Crippen molar-refractivity contribution in [3.05, 3.63) is 54.6 Å². The van der Waals surface area contributed by atoms with Crippen LogP contribution >= 0.6 is 0 Å². The Kier molecular flexibility index (Phi) is 4.63. The van der Waals surface area contributed by atoms with Crippen molar-refractivity contribution in [2.24, 2.45) is 5.41 Å². The number of carbonyl (C=O) groups is 1. The van der Waals surface area contributed by atoms with Gasteiger partial charge in [-0.15, -0.1) is 0 Å². The highest BCUT2D eigenvalue weighted by Gasteiger charge is 2.28. The van der Waals surface area contributed by atoms with Crippen LogP contribution in [-0.2, 0) is 9.53 Å². The van der Waals surface area contributed by atoms with Crippen molar-refractivity contribution >= 4 is 11.7 Å². The molecule has 2 aromatic carbocycles. The number of ether oxygens (including phenoxy) is 1. The predicted molar refractivity (Wildman–Crippen MR) is 86.2 cm³/mol. The van der Waals surface area contributed by atoms with E-state index >= 15 is 0 Å². The van der Waals surface area contributed by atoms with E-state index in [0.29, 0.717) is 6.54 Å². The fourth-order valence-corrected chi connectivity index (χ4v) is 2.08. The lowest BCUT2D eigenvalue weighted by atomic mass is 9.93. The van der Waals surface area contributed by atoms with Crippen molar-refractivity contribution in [2.45, 2.75) is 13.8 Å². The molecule has 0 aliphatic heterocycles. The second-order valence-electron chi connectivity index (χ2n) is 5.67. The number of nitrogens with one attached hydrogen (secondary N) is 1. The quantitative estimate of drug-likeness (QED) is 0.844. The summed E-state index contributed by atoms with van der Waals surface area (Å²) in [6, 6.07) is 18.4. The number of rotatable bonds is 5. The molecule has 0 unspecified atom stereocenters. The highest BCUT2D eigenvalue weighted by Crippen LogP contribution is 2.22. The van der Waals surface area contributed by atoms with Crippen LogP contribution in [0.2, 0.25) is 0 Å². The number of carbonyl (C=O) groups excluding carboxylic acids is 1. The number of hydrogen-bond donors (Lipinski definition) is 1. The summed E-state index contributed by atoms with van der Waals surface area (Å²) in [6.07, 6.45) is 0. The van der Waals surface area contributed by atoms with Gasteiger partial charge in [0.25, 0.3) is 0 Å². The molecule has 0 fully saturated rings. The minimum atomic E-state index is -0.549. The number of anilines is 1. The Morgan fingerprint density at radius 3 is 2.14 bits per heavy atom. The molecule has 0 atom stereocenters. The monoisotopic (exact) mass is 283 g/mol. The van der Waals surface area contributed by atoms with Crippen LogP contribution in [0.1, 0.15) is 13.8 Å². The second-order valence-corrected chi connectivity index (χ2v) is 5.67. The smallest absolute Gasteiger partial charge is 0.313 e. The van der Waals surface area contributed by atoms with Gasteiger partial charge in [-0.3, -0.25) is 4.79 Å². The Morgan fingerprint density at radius 1 is 1.00 bits per heavy atom. The molecule has 0 bridgehead atoms. The van der Waals surface area contributed by atoms with Crippen molar-refractivity contribution in [3.63, 3.8) is 0 Å². The summed E-state index contributed by atoms with van der Waals surface area (Å²) in [6.45, 7) is 4.26. The molecule has 1 N–H and O–H groups in total. The molecular formula is C18H21NO2. The van der Waals surface area contributed by atoms with Crippen LogP contribution in [0.3, 0.4) is 0 Å². The number of esters is 1. The highest BCUT2D eigenvalue weighted by atomic mass is 16.5. The lowest BCUT2D eigenvalue weighted by Gasteiger charge is -2.22. The number of hydrogen-bond acceptors (Lipinski definition) is 3. The third-order valence-electron chi connectivity index (χ3n) is 3.46. The van der Waals surface area contributed by atoms with Crippen LogP contribution in [-0.4, -0.2) is 19.6 Å². The Balaban J connectivity index is 2.02. The van der Waals surface area contributed by atoms with E-state index in [4.69, 9.17) is 4.74 Å². The Hall–Kier alpha value is -2.29. The van der Waals surface area contributed by atoms with Crippen LogP contribution in [0.4, 0.5) is 5.69 Å². The average Bonchev–Trinajstić information content (AvgIpc) is 2.53. The molecule has 0 saturated heterocycles. The van der Waals surface area contributed by atoms with E-state index in [1.54, 1.807) is 0 Å². The zero-order valence-electron chi connectivity index (χ0n) is 12.7. The fraction of sp³-hybridized carbons (Fsp3) is 0.278. The minimum absolute atomic E-state index is 0.212. The van der Waals surface area contributed by atoms with Gasteiger partial charge in [0, 0.05) is 12.2 Å². The molecule has 0 amide bonds.